The van der Waals surface area contributed by atoms with E-state index in [2.05, 4.69) is 5.54 Å². The van der Waals surface area contributed by atoms with E-state index in [1.54, 1.807) is 6.07 Å². The molecule has 1 aromatic rings. The van der Waals surface area contributed by atoms with Crippen molar-refractivity contribution in [3.8, 4) is 11.5 Å². The molecule has 5 heteroatoms. The van der Waals surface area contributed by atoms with Crippen LogP contribution in [0.2, 0.25) is 19.6 Å². The lowest BCUT2D eigenvalue weighted by molar-refractivity contribution is -0.240. The van der Waals surface area contributed by atoms with Crippen LogP contribution in [-0.2, 0) is 5.60 Å². The van der Waals surface area contributed by atoms with Gasteiger partial charge in [-0.05, 0) is 0 Å². The fourth-order valence-electron chi connectivity index (χ4n) is 1.26. The molecule has 0 saturated carbocycles. The van der Waals surface area contributed by atoms with Crippen molar-refractivity contribution < 1.29 is 18.3 Å². The zero-order chi connectivity index (χ0) is 14.0. The molecule has 0 fully saturated rings. The summed E-state index contributed by atoms with van der Waals surface area (Å²) in [6.07, 6.45) is -4.82. The Morgan fingerprint density at radius 3 is 1.94 bits per heavy atom. The SMILES string of the molecule is C[Si](C)(C)C#C[C@@](O)(c1ccccc1)C(F)(F)F. The van der Waals surface area contributed by atoms with Crippen LogP contribution in [0, 0.1) is 11.5 Å². The van der Waals surface area contributed by atoms with Crippen LogP contribution in [0.5, 0.6) is 0 Å². The Bertz CT molecular complexity index is 465. The van der Waals surface area contributed by atoms with Crippen molar-refractivity contribution in [3.63, 3.8) is 0 Å². The normalized spacial score (nSPS) is 15.5. The molecule has 1 nitrogen and oxygen atoms in total. The quantitative estimate of drug-likeness (QED) is 0.614. The number of hydrogen-bond acceptors (Lipinski definition) is 1. The van der Waals surface area contributed by atoms with Crippen molar-refractivity contribution in [2.24, 2.45) is 0 Å². The number of alkyl halides is 3. The smallest absolute Gasteiger partial charge is 0.366 e. The zero-order valence-corrected chi connectivity index (χ0v) is 11.5. The molecule has 0 aliphatic rings. The minimum Gasteiger partial charge on any atom is -0.366 e. The van der Waals surface area contributed by atoms with Crippen LogP contribution in [0.4, 0.5) is 13.2 Å². The molecule has 18 heavy (non-hydrogen) atoms. The molecular formula is C13H15F3OSi. The number of rotatable bonds is 1. The maximum atomic E-state index is 13.0. The van der Waals surface area contributed by atoms with Crippen molar-refractivity contribution in [1.29, 1.82) is 0 Å². The van der Waals surface area contributed by atoms with E-state index in [0.29, 0.717) is 0 Å². The van der Waals surface area contributed by atoms with E-state index in [1.807, 2.05) is 25.6 Å². The monoisotopic (exact) mass is 272 g/mol. The van der Waals surface area contributed by atoms with E-state index in [4.69, 9.17) is 0 Å². The van der Waals surface area contributed by atoms with Crippen LogP contribution in [-0.4, -0.2) is 19.4 Å². The number of aliphatic hydroxyl groups is 1. The fraction of sp³-hybridized carbons (Fsp3) is 0.385. The van der Waals surface area contributed by atoms with Gasteiger partial charge in [-0.1, -0.05) is 55.9 Å². The molecule has 0 aromatic heterocycles. The van der Waals surface area contributed by atoms with Gasteiger partial charge in [0.1, 0.15) is 8.07 Å². The summed E-state index contributed by atoms with van der Waals surface area (Å²) in [5.74, 6) is 2.03. The van der Waals surface area contributed by atoms with Gasteiger partial charge in [0.25, 0.3) is 0 Å². The van der Waals surface area contributed by atoms with Crippen molar-refractivity contribution >= 4 is 8.07 Å². The molecule has 1 rings (SSSR count). The standard InChI is InChI=1S/C13H15F3OSi/c1-18(2,3)10-9-12(17,13(14,15)16)11-7-5-4-6-8-11/h4-8,17H,1-3H3/t12-/m1/s1. The second kappa shape index (κ2) is 4.79. The largest absolute Gasteiger partial charge is 0.433 e. The van der Waals surface area contributed by atoms with Crippen molar-refractivity contribution in [1.82, 2.24) is 0 Å². The predicted octanol–water partition coefficient (Wildman–Crippen LogP) is 3.32. The molecule has 1 aromatic carbocycles. The van der Waals surface area contributed by atoms with Gasteiger partial charge in [-0.3, -0.25) is 0 Å². The first-order valence-corrected chi connectivity index (χ1v) is 8.95. The summed E-state index contributed by atoms with van der Waals surface area (Å²) >= 11 is 0. The lowest BCUT2D eigenvalue weighted by atomic mass is 9.94. The summed E-state index contributed by atoms with van der Waals surface area (Å²) in [6, 6.07) is 6.94. The fourth-order valence-corrected chi connectivity index (χ4v) is 1.82. The van der Waals surface area contributed by atoms with Gasteiger partial charge >= 0.3 is 6.18 Å². The third kappa shape index (κ3) is 3.37. The molecule has 0 aliphatic carbocycles. The molecule has 0 saturated heterocycles. The van der Waals surface area contributed by atoms with E-state index >= 15 is 0 Å². The molecule has 0 heterocycles. The van der Waals surface area contributed by atoms with Gasteiger partial charge in [-0.15, -0.1) is 5.54 Å². The third-order valence-corrected chi connectivity index (χ3v) is 3.10. The minimum absolute atomic E-state index is 0.247. The Hall–Kier alpha value is -1.25. The maximum absolute atomic E-state index is 13.0. The van der Waals surface area contributed by atoms with E-state index in [-0.39, 0.29) is 5.56 Å². The second-order valence-electron chi connectivity index (χ2n) is 5.07. The highest BCUT2D eigenvalue weighted by molar-refractivity contribution is 6.83. The highest BCUT2D eigenvalue weighted by Gasteiger charge is 2.54. The average molecular weight is 272 g/mol. The van der Waals surface area contributed by atoms with Crippen LogP contribution in [0.1, 0.15) is 5.56 Å². The lowest BCUT2D eigenvalue weighted by Gasteiger charge is -2.26. The first-order valence-electron chi connectivity index (χ1n) is 5.45. The Labute approximate surface area is 106 Å². The molecule has 0 amide bonds. The van der Waals surface area contributed by atoms with Crippen molar-refractivity contribution in [2.75, 3.05) is 0 Å². The molecule has 0 aliphatic heterocycles. The molecule has 1 N–H and O–H groups in total. The molecular weight excluding hydrogens is 257 g/mol. The first-order chi connectivity index (χ1) is 8.06. The molecule has 0 spiro atoms. The zero-order valence-electron chi connectivity index (χ0n) is 10.5. The first kappa shape index (κ1) is 14.8. The van der Waals surface area contributed by atoms with Crippen LogP contribution in [0.3, 0.4) is 0 Å². The predicted molar refractivity (Wildman–Crippen MR) is 67.5 cm³/mol. The van der Waals surface area contributed by atoms with Gasteiger partial charge in [0.2, 0.25) is 5.60 Å². The summed E-state index contributed by atoms with van der Waals surface area (Å²) < 4.78 is 39.1. The van der Waals surface area contributed by atoms with E-state index < -0.39 is 19.9 Å². The minimum atomic E-state index is -4.82. The number of benzene rings is 1. The Morgan fingerprint density at radius 2 is 1.56 bits per heavy atom. The summed E-state index contributed by atoms with van der Waals surface area (Å²) in [7, 11) is -2.00. The topological polar surface area (TPSA) is 20.2 Å². The third-order valence-electron chi connectivity index (χ3n) is 2.22. The van der Waals surface area contributed by atoms with Gasteiger partial charge in [-0.25, -0.2) is 0 Å². The van der Waals surface area contributed by atoms with Crippen molar-refractivity contribution in [3.05, 3.63) is 35.9 Å². The highest BCUT2D eigenvalue weighted by atomic mass is 28.3. The van der Waals surface area contributed by atoms with Gasteiger partial charge in [0.05, 0.1) is 0 Å². The van der Waals surface area contributed by atoms with Crippen molar-refractivity contribution in [2.45, 2.75) is 31.4 Å². The van der Waals surface area contributed by atoms with Gasteiger partial charge in [0.15, 0.2) is 0 Å². The van der Waals surface area contributed by atoms with E-state index in [1.165, 1.54) is 24.3 Å². The molecule has 0 radical (unpaired) electrons. The van der Waals surface area contributed by atoms with Gasteiger partial charge in [-0.2, -0.15) is 13.2 Å². The van der Waals surface area contributed by atoms with Crippen LogP contribution >= 0.6 is 0 Å². The summed E-state index contributed by atoms with van der Waals surface area (Å²) in [4.78, 5) is 0. The summed E-state index contributed by atoms with van der Waals surface area (Å²) in [5, 5.41) is 9.91. The van der Waals surface area contributed by atoms with Crippen LogP contribution in [0.15, 0.2) is 30.3 Å². The molecule has 1 atom stereocenters. The summed E-state index contributed by atoms with van der Waals surface area (Å²) in [5.41, 5.74) is -0.749. The Kier molecular flexibility index (Phi) is 3.94. The molecule has 0 bridgehead atoms. The average Bonchev–Trinajstić information content (AvgIpc) is 2.24. The maximum Gasteiger partial charge on any atom is 0.433 e. The van der Waals surface area contributed by atoms with E-state index in [0.717, 1.165) is 0 Å². The summed E-state index contributed by atoms with van der Waals surface area (Å²) in [6.45, 7) is 5.46. The van der Waals surface area contributed by atoms with Gasteiger partial charge < -0.3 is 5.11 Å². The second-order valence-corrected chi connectivity index (χ2v) is 9.82. The molecule has 98 valence electrons. The van der Waals surface area contributed by atoms with Gasteiger partial charge in [0, 0.05) is 5.56 Å². The molecule has 0 unspecified atom stereocenters. The van der Waals surface area contributed by atoms with E-state index in [9.17, 15) is 18.3 Å². The van der Waals surface area contributed by atoms with Crippen LogP contribution in [0.25, 0.3) is 0 Å². The highest BCUT2D eigenvalue weighted by Crippen LogP contribution is 2.38. The number of hydrogen-bond donors (Lipinski definition) is 1. The van der Waals surface area contributed by atoms with Crippen LogP contribution < -0.4 is 0 Å². The Morgan fingerprint density at radius 1 is 1.06 bits per heavy atom. The number of halogens is 3. The Balaban J connectivity index is 3.33. The lowest BCUT2D eigenvalue weighted by Crippen LogP contribution is -2.41.